The molecule has 2 heterocycles. The van der Waals surface area contributed by atoms with E-state index in [1.165, 1.54) is 15.6 Å². The van der Waals surface area contributed by atoms with Crippen LogP contribution in [-0.2, 0) is 11.2 Å². The summed E-state index contributed by atoms with van der Waals surface area (Å²) in [7, 11) is 0. The minimum absolute atomic E-state index is 0.0197. The van der Waals surface area contributed by atoms with Crippen molar-refractivity contribution in [3.05, 3.63) is 33.8 Å². The third-order valence-electron chi connectivity index (χ3n) is 3.25. The van der Waals surface area contributed by atoms with Gasteiger partial charge in [-0.2, -0.15) is 0 Å². The van der Waals surface area contributed by atoms with Crippen molar-refractivity contribution < 1.29 is 4.74 Å². The monoisotopic (exact) mass is 294 g/mol. The van der Waals surface area contributed by atoms with Crippen LogP contribution in [-0.4, -0.2) is 25.0 Å². The number of hydrogen-bond donors (Lipinski definition) is 1. The fourth-order valence-electron chi connectivity index (χ4n) is 2.48. The molecule has 0 fully saturated rings. The quantitative estimate of drug-likeness (QED) is 0.863. The number of nitrogens with one attached hydrogen (secondary N) is 1. The van der Waals surface area contributed by atoms with Crippen molar-refractivity contribution in [2.75, 3.05) is 13.1 Å². The van der Waals surface area contributed by atoms with Crippen LogP contribution >= 0.6 is 15.9 Å². The largest absolute Gasteiger partial charge is 0.369 e. The summed E-state index contributed by atoms with van der Waals surface area (Å²) in [5.74, 6) is 0.982. The Morgan fingerprint density at radius 3 is 3.12 bits per heavy atom. The Bertz CT molecular complexity index is 472. The summed E-state index contributed by atoms with van der Waals surface area (Å²) >= 11 is 3.63. The number of rotatable bonds is 1. The van der Waals surface area contributed by atoms with Crippen molar-refractivity contribution in [2.24, 2.45) is 4.99 Å². The van der Waals surface area contributed by atoms with Gasteiger partial charge in [0.25, 0.3) is 0 Å². The fourth-order valence-corrected chi connectivity index (χ4v) is 3.02. The summed E-state index contributed by atoms with van der Waals surface area (Å²) in [5, 5.41) is 3.32. The third kappa shape index (κ3) is 2.00. The lowest BCUT2D eigenvalue weighted by molar-refractivity contribution is 0.0206. The number of ether oxygens (including phenoxy) is 1. The molecular formula is C13H15BrN2O. The Morgan fingerprint density at radius 1 is 1.47 bits per heavy atom. The van der Waals surface area contributed by atoms with Crippen molar-refractivity contribution in [1.29, 1.82) is 0 Å². The maximum atomic E-state index is 6.04. The van der Waals surface area contributed by atoms with Crippen LogP contribution in [0.5, 0.6) is 0 Å². The predicted molar refractivity (Wildman–Crippen MR) is 71.4 cm³/mol. The van der Waals surface area contributed by atoms with Crippen LogP contribution in [0.4, 0.5) is 0 Å². The van der Waals surface area contributed by atoms with Crippen molar-refractivity contribution >= 4 is 21.8 Å². The molecule has 1 aromatic carbocycles. The normalized spacial score (nSPS) is 27.3. The predicted octanol–water partition coefficient (Wildman–Crippen LogP) is 2.45. The lowest BCUT2D eigenvalue weighted by Gasteiger charge is -2.31. The van der Waals surface area contributed by atoms with Gasteiger partial charge in [0.15, 0.2) is 0 Å². The number of hydrogen-bond acceptors (Lipinski definition) is 3. The number of nitrogens with zero attached hydrogens (tertiary/aromatic N) is 1. The molecule has 1 N–H and O–H groups in total. The minimum Gasteiger partial charge on any atom is -0.369 e. The van der Waals surface area contributed by atoms with Crippen LogP contribution in [0.25, 0.3) is 0 Å². The van der Waals surface area contributed by atoms with E-state index in [1.54, 1.807) is 0 Å². The Labute approximate surface area is 109 Å². The zero-order valence-electron chi connectivity index (χ0n) is 9.74. The first-order valence-electron chi connectivity index (χ1n) is 5.96. The second-order valence-electron chi connectivity index (χ2n) is 4.53. The van der Waals surface area contributed by atoms with Gasteiger partial charge in [-0.3, -0.25) is 4.99 Å². The molecule has 2 aliphatic heterocycles. The molecule has 0 amide bonds. The number of halogens is 1. The Kier molecular flexibility index (Phi) is 2.92. The molecule has 0 saturated heterocycles. The van der Waals surface area contributed by atoms with Gasteiger partial charge < -0.3 is 10.1 Å². The average Bonchev–Trinajstić information content (AvgIpc) is 2.83. The molecule has 0 spiro atoms. The third-order valence-corrected chi connectivity index (χ3v) is 3.99. The summed E-state index contributed by atoms with van der Waals surface area (Å²) in [6.45, 7) is 3.89. The van der Waals surface area contributed by atoms with Crippen molar-refractivity contribution in [3.8, 4) is 0 Å². The van der Waals surface area contributed by atoms with E-state index in [2.05, 4.69) is 51.4 Å². The second-order valence-corrected chi connectivity index (χ2v) is 5.39. The lowest BCUT2D eigenvalue weighted by atomic mass is 9.94. The Morgan fingerprint density at radius 2 is 2.35 bits per heavy atom. The SMILES string of the molecule is C[C@@H]1Cc2c(Br)cccc2C(C2=NCCN2)O1. The second kappa shape index (κ2) is 4.42. The van der Waals surface area contributed by atoms with E-state index in [1.807, 2.05) is 0 Å². The Hall–Kier alpha value is -0.870. The smallest absolute Gasteiger partial charge is 0.140 e. The molecule has 2 atom stereocenters. The van der Waals surface area contributed by atoms with Crippen LogP contribution in [0.2, 0.25) is 0 Å². The van der Waals surface area contributed by atoms with Gasteiger partial charge in [-0.1, -0.05) is 28.1 Å². The topological polar surface area (TPSA) is 33.6 Å². The molecule has 0 bridgehead atoms. The first-order valence-corrected chi connectivity index (χ1v) is 6.76. The summed E-state index contributed by atoms with van der Waals surface area (Å²) in [6, 6.07) is 6.29. The average molecular weight is 295 g/mol. The highest BCUT2D eigenvalue weighted by atomic mass is 79.9. The number of aliphatic imine (C=N–C) groups is 1. The molecule has 4 heteroatoms. The highest BCUT2D eigenvalue weighted by Crippen LogP contribution is 2.35. The molecule has 17 heavy (non-hydrogen) atoms. The van der Waals surface area contributed by atoms with Gasteiger partial charge in [0.1, 0.15) is 11.9 Å². The van der Waals surface area contributed by atoms with Gasteiger partial charge in [0.05, 0.1) is 12.6 Å². The molecule has 0 aromatic heterocycles. The molecule has 1 aromatic rings. The molecular weight excluding hydrogens is 280 g/mol. The van der Waals surface area contributed by atoms with Gasteiger partial charge in [0, 0.05) is 11.0 Å². The van der Waals surface area contributed by atoms with Gasteiger partial charge in [0.2, 0.25) is 0 Å². The zero-order chi connectivity index (χ0) is 11.8. The molecule has 2 aliphatic rings. The van der Waals surface area contributed by atoms with Crippen LogP contribution < -0.4 is 5.32 Å². The van der Waals surface area contributed by atoms with Gasteiger partial charge in [-0.15, -0.1) is 0 Å². The van der Waals surface area contributed by atoms with E-state index in [9.17, 15) is 0 Å². The van der Waals surface area contributed by atoms with Gasteiger partial charge in [-0.25, -0.2) is 0 Å². The molecule has 3 nitrogen and oxygen atoms in total. The fraction of sp³-hybridized carbons (Fsp3) is 0.462. The summed E-state index contributed by atoms with van der Waals surface area (Å²) in [6.07, 6.45) is 1.17. The molecule has 1 unspecified atom stereocenters. The lowest BCUT2D eigenvalue weighted by Crippen LogP contribution is -2.34. The molecule has 3 rings (SSSR count). The summed E-state index contributed by atoms with van der Waals surface area (Å²) in [5.41, 5.74) is 2.60. The molecule has 0 aliphatic carbocycles. The number of benzene rings is 1. The molecule has 0 saturated carbocycles. The van der Waals surface area contributed by atoms with Crippen molar-refractivity contribution in [1.82, 2.24) is 5.32 Å². The van der Waals surface area contributed by atoms with E-state index in [0.717, 1.165) is 25.3 Å². The first kappa shape index (κ1) is 11.2. The maximum Gasteiger partial charge on any atom is 0.140 e. The van der Waals surface area contributed by atoms with E-state index >= 15 is 0 Å². The van der Waals surface area contributed by atoms with E-state index < -0.39 is 0 Å². The van der Waals surface area contributed by atoms with Crippen molar-refractivity contribution in [3.63, 3.8) is 0 Å². The molecule has 0 radical (unpaired) electrons. The minimum atomic E-state index is -0.0197. The standard InChI is InChI=1S/C13H15BrN2O/c1-8-7-10-9(3-2-4-11(10)14)12(17-8)13-15-5-6-16-13/h2-4,8,12H,5-7H2,1H3,(H,15,16)/t8-,12?/m1/s1. The van der Waals surface area contributed by atoms with Gasteiger partial charge in [-0.05, 0) is 30.5 Å². The van der Waals surface area contributed by atoms with E-state index in [4.69, 9.17) is 4.74 Å². The maximum absolute atomic E-state index is 6.04. The van der Waals surface area contributed by atoms with E-state index in [-0.39, 0.29) is 12.2 Å². The van der Waals surface area contributed by atoms with Crippen LogP contribution in [0.1, 0.15) is 24.2 Å². The molecule has 90 valence electrons. The van der Waals surface area contributed by atoms with Crippen LogP contribution in [0, 0.1) is 0 Å². The number of fused-ring (bicyclic) bond motifs is 1. The van der Waals surface area contributed by atoms with E-state index in [0.29, 0.717) is 0 Å². The van der Waals surface area contributed by atoms with Crippen molar-refractivity contribution in [2.45, 2.75) is 25.6 Å². The van der Waals surface area contributed by atoms with Crippen LogP contribution in [0.3, 0.4) is 0 Å². The zero-order valence-corrected chi connectivity index (χ0v) is 11.3. The summed E-state index contributed by atoms with van der Waals surface area (Å²) in [4.78, 5) is 4.49. The Balaban J connectivity index is 2.04. The highest BCUT2D eigenvalue weighted by molar-refractivity contribution is 9.10. The van der Waals surface area contributed by atoms with Crippen LogP contribution in [0.15, 0.2) is 27.7 Å². The first-order chi connectivity index (χ1) is 8.25. The number of amidine groups is 1. The highest BCUT2D eigenvalue weighted by Gasteiger charge is 2.31. The van der Waals surface area contributed by atoms with Gasteiger partial charge >= 0.3 is 0 Å². The summed E-state index contributed by atoms with van der Waals surface area (Å²) < 4.78 is 7.21.